The number of guanidine groups is 1. The van der Waals surface area contributed by atoms with Gasteiger partial charge in [0.15, 0.2) is 0 Å². The van der Waals surface area contributed by atoms with Gasteiger partial charge in [-0.3, -0.25) is 5.41 Å². The number of nitrogens with two attached hydrogens (primary N) is 1. The van der Waals surface area contributed by atoms with Crippen molar-refractivity contribution in [3.8, 4) is 5.75 Å². The molecule has 0 amide bonds. The van der Waals surface area contributed by atoms with E-state index in [4.69, 9.17) is 22.7 Å². The van der Waals surface area contributed by atoms with Crippen molar-refractivity contribution in [1.29, 1.82) is 5.41 Å². The fraction of sp³-hybridized carbons (Fsp3) is 0.273. The van der Waals surface area contributed by atoms with Gasteiger partial charge in [-0.1, -0.05) is 18.5 Å². The molecule has 0 aromatic heterocycles. The summed E-state index contributed by atoms with van der Waals surface area (Å²) in [5.41, 5.74) is 6.24. The summed E-state index contributed by atoms with van der Waals surface area (Å²) in [7, 11) is 0. The van der Waals surface area contributed by atoms with Gasteiger partial charge in [0.25, 0.3) is 0 Å². The zero-order valence-electron chi connectivity index (χ0n) is 9.61. The Labute approximate surface area is 108 Å². The molecule has 0 fully saturated rings. The van der Waals surface area contributed by atoms with Gasteiger partial charge in [0.05, 0.1) is 12.3 Å². The van der Waals surface area contributed by atoms with Crippen LogP contribution in [-0.4, -0.2) is 28.3 Å². The lowest BCUT2D eigenvalue weighted by Gasteiger charge is -2.10. The summed E-state index contributed by atoms with van der Waals surface area (Å²) in [6.07, 6.45) is 0. The molecule has 0 unspecified atom stereocenters. The van der Waals surface area contributed by atoms with Gasteiger partial charge in [-0.05, 0) is 12.1 Å². The minimum Gasteiger partial charge on any atom is -0.506 e. The van der Waals surface area contributed by atoms with Crippen LogP contribution >= 0.6 is 11.6 Å². The minimum absolute atomic E-state index is 0.0404. The monoisotopic (exact) mass is 270 g/mol. The summed E-state index contributed by atoms with van der Waals surface area (Å²) >= 11 is 5.65. The molecule has 0 saturated heterocycles. The van der Waals surface area contributed by atoms with E-state index in [1.165, 1.54) is 17.1 Å². The number of phenols is 1. The molecular weight excluding hydrogens is 259 g/mol. The SMILES string of the molecule is C[C@@H]1CN(C(=N)N)N=C1c1ccc(F)c(Cl)c1O. The smallest absolute Gasteiger partial charge is 0.209 e. The largest absolute Gasteiger partial charge is 0.506 e. The number of halogens is 2. The van der Waals surface area contributed by atoms with Gasteiger partial charge in [-0.15, -0.1) is 0 Å². The maximum Gasteiger partial charge on any atom is 0.209 e. The second-order valence-corrected chi connectivity index (χ2v) is 4.49. The highest BCUT2D eigenvalue weighted by molar-refractivity contribution is 6.33. The number of rotatable bonds is 1. The summed E-state index contributed by atoms with van der Waals surface area (Å²) in [5, 5.41) is 22.3. The zero-order chi connectivity index (χ0) is 13.4. The second-order valence-electron chi connectivity index (χ2n) is 4.11. The van der Waals surface area contributed by atoms with Gasteiger partial charge in [-0.2, -0.15) is 5.10 Å². The molecule has 1 aliphatic rings. The normalized spacial score (nSPS) is 18.9. The van der Waals surface area contributed by atoms with Crippen molar-refractivity contribution in [1.82, 2.24) is 5.01 Å². The Bertz CT molecular complexity index is 546. The zero-order valence-corrected chi connectivity index (χ0v) is 10.4. The molecule has 4 N–H and O–H groups in total. The molecule has 1 aromatic rings. The molecular formula is C11H12ClFN4O. The van der Waals surface area contributed by atoms with Crippen LogP contribution in [0.3, 0.4) is 0 Å². The Kier molecular flexibility index (Phi) is 3.13. The van der Waals surface area contributed by atoms with Crippen LogP contribution in [0.4, 0.5) is 4.39 Å². The molecule has 1 atom stereocenters. The number of hydrogen-bond donors (Lipinski definition) is 3. The summed E-state index contributed by atoms with van der Waals surface area (Å²) in [5.74, 6) is -1.24. The Morgan fingerprint density at radius 3 is 2.89 bits per heavy atom. The minimum atomic E-state index is -0.687. The lowest BCUT2D eigenvalue weighted by molar-refractivity contribution is 0.448. The first kappa shape index (κ1) is 12.6. The predicted octanol–water partition coefficient (Wildman–Crippen LogP) is 1.73. The Balaban J connectivity index is 2.47. The fourth-order valence-electron chi connectivity index (χ4n) is 1.83. The molecule has 5 nitrogen and oxygen atoms in total. The Morgan fingerprint density at radius 2 is 2.33 bits per heavy atom. The highest BCUT2D eigenvalue weighted by atomic mass is 35.5. The Hall–Kier alpha value is -1.82. The topological polar surface area (TPSA) is 85.7 Å². The molecule has 0 bridgehead atoms. The molecule has 1 heterocycles. The predicted molar refractivity (Wildman–Crippen MR) is 67.4 cm³/mol. The van der Waals surface area contributed by atoms with Crippen molar-refractivity contribution in [2.24, 2.45) is 16.8 Å². The van der Waals surface area contributed by atoms with Crippen LogP contribution < -0.4 is 5.73 Å². The average molecular weight is 271 g/mol. The molecule has 96 valence electrons. The molecule has 0 spiro atoms. The first-order chi connectivity index (χ1) is 8.41. The van der Waals surface area contributed by atoms with Crippen molar-refractivity contribution in [2.45, 2.75) is 6.92 Å². The fourth-order valence-corrected chi connectivity index (χ4v) is 2.00. The van der Waals surface area contributed by atoms with Gasteiger partial charge < -0.3 is 10.8 Å². The lowest BCUT2D eigenvalue weighted by Crippen LogP contribution is -2.31. The van der Waals surface area contributed by atoms with Crippen LogP contribution in [0.1, 0.15) is 12.5 Å². The highest BCUT2D eigenvalue weighted by Crippen LogP contribution is 2.33. The van der Waals surface area contributed by atoms with Crippen LogP contribution in [0.2, 0.25) is 5.02 Å². The van der Waals surface area contributed by atoms with Crippen LogP contribution in [-0.2, 0) is 0 Å². The lowest BCUT2D eigenvalue weighted by atomic mass is 9.98. The molecule has 18 heavy (non-hydrogen) atoms. The maximum atomic E-state index is 13.2. The van der Waals surface area contributed by atoms with Gasteiger partial charge in [-0.25, -0.2) is 9.40 Å². The highest BCUT2D eigenvalue weighted by Gasteiger charge is 2.28. The molecule has 0 aliphatic carbocycles. The van der Waals surface area contributed by atoms with E-state index < -0.39 is 5.82 Å². The average Bonchev–Trinajstić information content (AvgIpc) is 2.69. The number of aromatic hydroxyl groups is 1. The number of hydrogen-bond acceptors (Lipinski definition) is 3. The van der Waals surface area contributed by atoms with E-state index in [0.717, 1.165) is 0 Å². The number of phenolic OH excluding ortho intramolecular Hbond substituents is 1. The van der Waals surface area contributed by atoms with Gasteiger partial charge in [0.1, 0.15) is 16.6 Å². The molecule has 0 radical (unpaired) electrons. The summed E-state index contributed by atoms with van der Waals surface area (Å²) in [4.78, 5) is 0. The second kappa shape index (κ2) is 4.45. The number of benzene rings is 1. The quantitative estimate of drug-likeness (QED) is 0.537. The molecule has 1 aromatic carbocycles. The van der Waals surface area contributed by atoms with E-state index in [2.05, 4.69) is 5.10 Å². The molecule has 1 aliphatic heterocycles. The Morgan fingerprint density at radius 1 is 1.67 bits per heavy atom. The van der Waals surface area contributed by atoms with E-state index in [1.54, 1.807) is 0 Å². The van der Waals surface area contributed by atoms with Gasteiger partial charge in [0, 0.05) is 11.5 Å². The standard InChI is InChI=1S/C11H12ClFN4O/c1-5-4-17(11(14)15)16-9(5)6-2-3-7(13)8(12)10(6)18/h2-3,5,18H,4H2,1H3,(H3,14,15)/t5-/m1/s1. The van der Waals surface area contributed by atoms with Crippen molar-refractivity contribution < 1.29 is 9.50 Å². The summed E-state index contributed by atoms with van der Waals surface area (Å²) < 4.78 is 13.2. The van der Waals surface area contributed by atoms with E-state index in [9.17, 15) is 9.50 Å². The van der Waals surface area contributed by atoms with E-state index in [1.807, 2.05) is 6.92 Å². The van der Waals surface area contributed by atoms with Crippen molar-refractivity contribution in [3.05, 3.63) is 28.5 Å². The van der Waals surface area contributed by atoms with Gasteiger partial charge in [0.2, 0.25) is 5.96 Å². The number of nitrogens with zero attached hydrogens (tertiary/aromatic N) is 2. The van der Waals surface area contributed by atoms with Crippen LogP contribution in [0.5, 0.6) is 5.75 Å². The van der Waals surface area contributed by atoms with E-state index >= 15 is 0 Å². The van der Waals surface area contributed by atoms with Crippen molar-refractivity contribution >= 4 is 23.3 Å². The van der Waals surface area contributed by atoms with Crippen LogP contribution in [0.25, 0.3) is 0 Å². The molecule has 7 heteroatoms. The number of hydrazone groups is 1. The van der Waals surface area contributed by atoms with Crippen LogP contribution in [0.15, 0.2) is 17.2 Å². The third kappa shape index (κ3) is 1.99. The third-order valence-corrected chi connectivity index (χ3v) is 3.12. The van der Waals surface area contributed by atoms with Crippen molar-refractivity contribution in [3.63, 3.8) is 0 Å². The van der Waals surface area contributed by atoms with Gasteiger partial charge >= 0.3 is 0 Å². The molecule has 0 saturated carbocycles. The maximum absolute atomic E-state index is 13.2. The summed E-state index contributed by atoms with van der Waals surface area (Å²) in [6, 6.07) is 2.58. The summed E-state index contributed by atoms with van der Waals surface area (Å²) in [6.45, 7) is 2.32. The first-order valence-electron chi connectivity index (χ1n) is 5.29. The van der Waals surface area contributed by atoms with Crippen molar-refractivity contribution in [2.75, 3.05) is 6.54 Å². The van der Waals surface area contributed by atoms with Crippen LogP contribution in [0, 0.1) is 17.1 Å². The van der Waals surface area contributed by atoms with E-state index in [-0.39, 0.29) is 22.6 Å². The first-order valence-corrected chi connectivity index (χ1v) is 5.67. The van der Waals surface area contributed by atoms with E-state index in [0.29, 0.717) is 17.8 Å². The number of nitrogens with one attached hydrogen (secondary N) is 1. The third-order valence-electron chi connectivity index (χ3n) is 2.77. The molecule has 2 rings (SSSR count).